The van der Waals surface area contributed by atoms with E-state index in [9.17, 15) is 14.6 Å². The zero-order valence-corrected chi connectivity index (χ0v) is 14.5. The number of ketones is 2. The van der Waals surface area contributed by atoms with E-state index in [1.165, 1.54) is 6.92 Å². The van der Waals surface area contributed by atoms with Gasteiger partial charge in [0.1, 0.15) is 12.4 Å². The Kier molecular flexibility index (Phi) is 5.88. The molecule has 1 fully saturated rings. The van der Waals surface area contributed by atoms with Crippen LogP contribution in [0.4, 0.5) is 0 Å². The fraction of sp³-hybridized carbons (Fsp3) is 0.556. The normalized spacial score (nSPS) is 20.7. The summed E-state index contributed by atoms with van der Waals surface area (Å²) < 4.78 is 11.3. The molecule has 0 spiro atoms. The lowest BCUT2D eigenvalue weighted by Gasteiger charge is -2.28. The summed E-state index contributed by atoms with van der Waals surface area (Å²) in [5.41, 5.74) is 1.32. The highest BCUT2D eigenvalue weighted by molar-refractivity contribution is 6.47. The van der Waals surface area contributed by atoms with E-state index in [1.807, 2.05) is 6.07 Å². The number of Topliss-reactive ketones (excluding diaryl/α,β-unsaturated/α-hetero) is 2. The number of hydrogen-bond acceptors (Lipinski definition) is 6. The van der Waals surface area contributed by atoms with Gasteiger partial charge in [-0.3, -0.25) is 9.59 Å². The van der Waals surface area contributed by atoms with Crippen molar-refractivity contribution in [1.29, 1.82) is 0 Å². The van der Waals surface area contributed by atoms with E-state index in [0.717, 1.165) is 31.5 Å². The fourth-order valence-corrected chi connectivity index (χ4v) is 3.46. The molecule has 0 amide bonds. The van der Waals surface area contributed by atoms with Crippen molar-refractivity contribution < 1.29 is 24.0 Å². The maximum atomic E-state index is 12.2. The van der Waals surface area contributed by atoms with Crippen LogP contribution in [-0.4, -0.2) is 49.5 Å². The van der Waals surface area contributed by atoms with Crippen molar-refractivity contribution in [1.82, 2.24) is 5.32 Å². The van der Waals surface area contributed by atoms with E-state index in [0.29, 0.717) is 17.7 Å². The van der Waals surface area contributed by atoms with Crippen LogP contribution >= 0.6 is 0 Å². The Morgan fingerprint density at radius 3 is 2.84 bits per heavy atom. The zero-order chi connectivity index (χ0) is 17.8. The largest absolute Gasteiger partial charge is 0.535 e. The molecule has 7 heteroatoms. The molecule has 1 aromatic rings. The molecule has 1 saturated heterocycles. The molecule has 2 heterocycles. The van der Waals surface area contributed by atoms with Gasteiger partial charge in [0, 0.05) is 12.2 Å². The Morgan fingerprint density at radius 1 is 1.36 bits per heavy atom. The highest BCUT2D eigenvalue weighted by Crippen LogP contribution is 2.36. The van der Waals surface area contributed by atoms with Gasteiger partial charge in [-0.1, -0.05) is 12.1 Å². The third-order valence-corrected chi connectivity index (χ3v) is 4.86. The minimum atomic E-state index is -1.09. The lowest BCUT2D eigenvalue weighted by molar-refractivity contribution is -0.126. The second-order valence-electron chi connectivity index (χ2n) is 6.83. The summed E-state index contributed by atoms with van der Waals surface area (Å²) in [6.45, 7) is 3.39. The van der Waals surface area contributed by atoms with Crippen LogP contribution in [0.3, 0.4) is 0 Å². The SMILES string of the molecule is CC(=O)c1cccc2c1OB(O)[C@@H](CC(=O)COC1CCNCC1)C2. The third kappa shape index (κ3) is 4.48. The van der Waals surface area contributed by atoms with Crippen LogP contribution < -0.4 is 9.97 Å². The smallest absolute Gasteiger partial charge is 0.526 e. The molecule has 2 aliphatic rings. The number of benzene rings is 1. The maximum Gasteiger partial charge on any atom is 0.526 e. The minimum Gasteiger partial charge on any atom is -0.535 e. The van der Waals surface area contributed by atoms with Crippen LogP contribution in [0.25, 0.3) is 0 Å². The first-order valence-electron chi connectivity index (χ1n) is 8.86. The van der Waals surface area contributed by atoms with Crippen molar-refractivity contribution >= 4 is 18.7 Å². The third-order valence-electron chi connectivity index (χ3n) is 4.86. The topological polar surface area (TPSA) is 84.9 Å². The van der Waals surface area contributed by atoms with Gasteiger partial charge in [-0.2, -0.15) is 0 Å². The molecule has 3 rings (SSSR count). The van der Waals surface area contributed by atoms with Crippen molar-refractivity contribution in [3.8, 4) is 5.75 Å². The number of rotatable bonds is 6. The van der Waals surface area contributed by atoms with Crippen molar-refractivity contribution in [2.45, 2.75) is 44.5 Å². The number of nitrogens with one attached hydrogen (secondary N) is 1. The molecule has 0 radical (unpaired) electrons. The summed E-state index contributed by atoms with van der Waals surface area (Å²) in [6, 6.07) is 5.36. The van der Waals surface area contributed by atoms with Gasteiger partial charge in [-0.25, -0.2) is 0 Å². The average molecular weight is 345 g/mol. The number of para-hydroxylation sites is 1. The number of carbonyl (C=O) groups is 2. The standard InChI is InChI=1S/C18H24BNO5/c1-12(21)17-4-2-3-13-9-14(19(23)25-18(13)17)10-15(22)11-24-16-5-7-20-8-6-16/h2-4,14,16,20,23H,5-11H2,1H3/t14-/m1/s1. The van der Waals surface area contributed by atoms with Gasteiger partial charge in [0.25, 0.3) is 0 Å². The van der Waals surface area contributed by atoms with Crippen molar-refractivity contribution in [2.75, 3.05) is 19.7 Å². The molecular formula is C18H24BNO5. The van der Waals surface area contributed by atoms with E-state index in [2.05, 4.69) is 5.32 Å². The molecule has 0 aliphatic carbocycles. The Balaban J connectivity index is 1.57. The van der Waals surface area contributed by atoms with Gasteiger partial charge >= 0.3 is 7.12 Å². The van der Waals surface area contributed by atoms with E-state index in [-0.39, 0.29) is 36.5 Å². The average Bonchev–Trinajstić information content (AvgIpc) is 2.61. The van der Waals surface area contributed by atoms with Crippen LogP contribution in [0.5, 0.6) is 5.75 Å². The molecule has 25 heavy (non-hydrogen) atoms. The number of hydrogen-bond donors (Lipinski definition) is 2. The van der Waals surface area contributed by atoms with Gasteiger partial charge in [0.2, 0.25) is 0 Å². The van der Waals surface area contributed by atoms with Crippen LogP contribution in [0.1, 0.15) is 42.1 Å². The summed E-state index contributed by atoms with van der Waals surface area (Å²) in [7, 11) is -1.09. The highest BCUT2D eigenvalue weighted by Gasteiger charge is 2.37. The number of piperidine rings is 1. The van der Waals surface area contributed by atoms with Crippen molar-refractivity contribution in [2.24, 2.45) is 0 Å². The molecule has 2 N–H and O–H groups in total. The molecule has 0 unspecified atom stereocenters. The van der Waals surface area contributed by atoms with Crippen molar-refractivity contribution in [3.63, 3.8) is 0 Å². The molecule has 1 atom stereocenters. The summed E-state index contributed by atoms with van der Waals surface area (Å²) >= 11 is 0. The minimum absolute atomic E-state index is 0.0302. The number of ether oxygens (including phenoxy) is 1. The molecule has 1 aromatic carbocycles. The molecule has 0 aromatic heterocycles. The quantitative estimate of drug-likeness (QED) is 0.599. The van der Waals surface area contributed by atoms with Crippen LogP contribution in [0.15, 0.2) is 18.2 Å². The molecule has 134 valence electrons. The molecule has 2 aliphatic heterocycles. The Labute approximate surface area is 148 Å². The van der Waals surface area contributed by atoms with Crippen LogP contribution in [0, 0.1) is 0 Å². The predicted octanol–water partition coefficient (Wildman–Crippen LogP) is 1.40. The summed E-state index contributed by atoms with van der Waals surface area (Å²) in [5.74, 6) is -0.0118. The van der Waals surface area contributed by atoms with E-state index in [1.54, 1.807) is 12.1 Å². The van der Waals surface area contributed by atoms with Gasteiger partial charge in [-0.15, -0.1) is 0 Å². The summed E-state index contributed by atoms with van der Waals surface area (Å²) in [6.07, 6.45) is 2.69. The van der Waals surface area contributed by atoms with Crippen LogP contribution in [0.2, 0.25) is 5.82 Å². The zero-order valence-electron chi connectivity index (χ0n) is 14.5. The van der Waals surface area contributed by atoms with Gasteiger partial charge in [0.15, 0.2) is 11.6 Å². The van der Waals surface area contributed by atoms with E-state index < -0.39 is 7.12 Å². The van der Waals surface area contributed by atoms with Gasteiger partial charge in [0.05, 0.1) is 11.7 Å². The van der Waals surface area contributed by atoms with E-state index >= 15 is 0 Å². The summed E-state index contributed by atoms with van der Waals surface area (Å²) in [5, 5.41) is 13.5. The lowest BCUT2D eigenvalue weighted by Crippen LogP contribution is -2.37. The second-order valence-corrected chi connectivity index (χ2v) is 6.83. The predicted molar refractivity (Wildman–Crippen MR) is 94.0 cm³/mol. The number of carbonyl (C=O) groups excluding carboxylic acids is 2. The second kappa shape index (κ2) is 8.12. The van der Waals surface area contributed by atoms with Crippen molar-refractivity contribution in [3.05, 3.63) is 29.3 Å². The Bertz CT molecular complexity index is 644. The molecule has 0 saturated carbocycles. The summed E-state index contributed by atoms with van der Waals surface area (Å²) in [4.78, 5) is 23.9. The van der Waals surface area contributed by atoms with Gasteiger partial charge < -0.3 is 19.7 Å². The Hall–Kier alpha value is -1.70. The Morgan fingerprint density at radius 2 is 2.12 bits per heavy atom. The van der Waals surface area contributed by atoms with Gasteiger partial charge in [-0.05, 0) is 50.9 Å². The maximum absolute atomic E-state index is 12.2. The highest BCUT2D eigenvalue weighted by atomic mass is 16.5. The van der Waals surface area contributed by atoms with E-state index in [4.69, 9.17) is 9.39 Å². The lowest BCUT2D eigenvalue weighted by atomic mass is 9.64. The fourth-order valence-electron chi connectivity index (χ4n) is 3.46. The van der Waals surface area contributed by atoms with Crippen LogP contribution in [-0.2, 0) is 16.0 Å². The molecule has 6 nitrogen and oxygen atoms in total. The first-order valence-corrected chi connectivity index (χ1v) is 8.86. The molecule has 0 bridgehead atoms. The number of fused-ring (bicyclic) bond motifs is 1. The first kappa shape index (κ1) is 18.1. The monoisotopic (exact) mass is 345 g/mol. The molecular weight excluding hydrogens is 321 g/mol. The first-order chi connectivity index (χ1) is 12.0.